The summed E-state index contributed by atoms with van der Waals surface area (Å²) in [5.74, 6) is 0.00701. The van der Waals surface area contributed by atoms with E-state index in [2.05, 4.69) is 29.4 Å². The van der Waals surface area contributed by atoms with Crippen molar-refractivity contribution in [2.75, 3.05) is 17.7 Å². The summed E-state index contributed by atoms with van der Waals surface area (Å²) in [5.41, 5.74) is 4.19. The number of carbonyl (C=O) groups excluding carboxylic acids is 2. The molecule has 5 nitrogen and oxygen atoms in total. The number of para-hydroxylation sites is 1. The molecule has 168 valence electrons. The van der Waals surface area contributed by atoms with Crippen molar-refractivity contribution in [3.8, 4) is 11.1 Å². The topological polar surface area (TPSA) is 68.3 Å². The van der Waals surface area contributed by atoms with Crippen LogP contribution in [-0.4, -0.2) is 29.2 Å². The minimum Gasteiger partial charge on any atom is -0.462 e. The van der Waals surface area contributed by atoms with Gasteiger partial charge in [0.05, 0.1) is 17.1 Å². The highest BCUT2D eigenvalue weighted by Crippen LogP contribution is 2.36. The summed E-state index contributed by atoms with van der Waals surface area (Å²) >= 11 is 2.88. The first-order chi connectivity index (χ1) is 16.1. The number of pyridine rings is 1. The molecule has 4 rings (SSSR count). The summed E-state index contributed by atoms with van der Waals surface area (Å²) in [6, 6.07) is 19.7. The van der Waals surface area contributed by atoms with Gasteiger partial charge >= 0.3 is 5.97 Å². The van der Waals surface area contributed by atoms with Crippen molar-refractivity contribution in [3.63, 3.8) is 0 Å². The predicted molar refractivity (Wildman–Crippen MR) is 136 cm³/mol. The number of anilines is 1. The lowest BCUT2D eigenvalue weighted by atomic mass is 10.0. The minimum absolute atomic E-state index is 0.146. The van der Waals surface area contributed by atoms with Gasteiger partial charge in [-0.3, -0.25) is 4.79 Å². The smallest absolute Gasteiger partial charge is 0.341 e. The van der Waals surface area contributed by atoms with Crippen LogP contribution in [0.1, 0.15) is 29.3 Å². The second-order valence-electron chi connectivity index (χ2n) is 7.38. The first kappa shape index (κ1) is 23.0. The van der Waals surface area contributed by atoms with E-state index in [4.69, 9.17) is 4.74 Å². The van der Waals surface area contributed by atoms with Crippen molar-refractivity contribution < 1.29 is 14.3 Å². The summed E-state index contributed by atoms with van der Waals surface area (Å²) in [7, 11) is 0. The SMILES string of the molecule is CCOC(=O)c1c(-c2ccccc2)csc1NC(=O)CCSc1cc(C)c2ccccc2n1. The fraction of sp³-hybridized carbons (Fsp3) is 0.192. The standard InChI is InChI=1S/C26H24N2O3S2/c1-3-31-26(30)24-20(18-9-5-4-6-10-18)16-33-25(24)28-22(29)13-14-32-23-15-17(2)19-11-7-8-12-21(19)27-23/h4-12,15-16H,3,13-14H2,1-2H3,(H,28,29). The zero-order valence-corrected chi connectivity index (χ0v) is 20.1. The van der Waals surface area contributed by atoms with Crippen LogP contribution in [0, 0.1) is 6.92 Å². The number of nitrogens with zero attached hydrogens (tertiary/aromatic N) is 1. The van der Waals surface area contributed by atoms with Crippen LogP contribution in [0.2, 0.25) is 0 Å². The maximum absolute atomic E-state index is 12.7. The molecule has 2 aromatic heterocycles. The molecule has 0 aliphatic rings. The predicted octanol–water partition coefficient (Wildman–Crippen LogP) is 6.57. The molecule has 0 unspecified atom stereocenters. The monoisotopic (exact) mass is 476 g/mol. The summed E-state index contributed by atoms with van der Waals surface area (Å²) in [5, 5.41) is 7.34. The van der Waals surface area contributed by atoms with Gasteiger partial charge in [0.25, 0.3) is 0 Å². The molecule has 2 aromatic carbocycles. The quantitative estimate of drug-likeness (QED) is 0.230. The number of rotatable bonds is 8. The number of carbonyl (C=O) groups is 2. The number of thioether (sulfide) groups is 1. The van der Waals surface area contributed by atoms with Gasteiger partial charge in [-0.2, -0.15) is 0 Å². The first-order valence-corrected chi connectivity index (χ1v) is 12.6. The van der Waals surface area contributed by atoms with Gasteiger partial charge in [0.1, 0.15) is 10.6 Å². The summed E-state index contributed by atoms with van der Waals surface area (Å²) in [4.78, 5) is 30.0. The Balaban J connectivity index is 1.44. The molecule has 2 heterocycles. The molecule has 7 heteroatoms. The van der Waals surface area contributed by atoms with E-state index in [1.54, 1.807) is 18.7 Å². The number of aromatic nitrogens is 1. The van der Waals surface area contributed by atoms with Gasteiger partial charge in [0.2, 0.25) is 5.91 Å². The molecule has 0 aliphatic heterocycles. The lowest BCUT2D eigenvalue weighted by Gasteiger charge is -2.09. The van der Waals surface area contributed by atoms with Crippen molar-refractivity contribution in [1.29, 1.82) is 0 Å². The van der Waals surface area contributed by atoms with Gasteiger partial charge in [-0.05, 0) is 37.1 Å². The average molecular weight is 477 g/mol. The number of hydrogen-bond donors (Lipinski definition) is 1. The maximum Gasteiger partial charge on any atom is 0.341 e. The van der Waals surface area contributed by atoms with Crippen molar-refractivity contribution in [3.05, 3.63) is 77.2 Å². The van der Waals surface area contributed by atoms with Crippen molar-refractivity contribution in [2.24, 2.45) is 0 Å². The number of fused-ring (bicyclic) bond motifs is 1. The van der Waals surface area contributed by atoms with Crippen LogP contribution < -0.4 is 5.32 Å². The van der Waals surface area contributed by atoms with E-state index in [-0.39, 0.29) is 12.5 Å². The average Bonchev–Trinajstić information content (AvgIpc) is 3.23. The Hall–Kier alpha value is -3.16. The van der Waals surface area contributed by atoms with E-state index in [0.29, 0.717) is 22.7 Å². The fourth-order valence-electron chi connectivity index (χ4n) is 3.52. The summed E-state index contributed by atoms with van der Waals surface area (Å²) in [6.45, 7) is 4.11. The number of ether oxygens (including phenoxy) is 1. The van der Waals surface area contributed by atoms with Gasteiger partial charge in [-0.15, -0.1) is 23.1 Å². The highest BCUT2D eigenvalue weighted by atomic mass is 32.2. The van der Waals surface area contributed by atoms with E-state index in [1.165, 1.54) is 16.9 Å². The normalized spacial score (nSPS) is 10.8. The molecule has 33 heavy (non-hydrogen) atoms. The Morgan fingerprint density at radius 3 is 2.64 bits per heavy atom. The van der Waals surface area contributed by atoms with Crippen LogP contribution in [0.25, 0.3) is 22.0 Å². The number of hydrogen-bond acceptors (Lipinski definition) is 6. The van der Waals surface area contributed by atoms with E-state index >= 15 is 0 Å². The molecule has 0 atom stereocenters. The molecule has 0 saturated heterocycles. The third-order valence-electron chi connectivity index (χ3n) is 5.09. The first-order valence-electron chi connectivity index (χ1n) is 10.7. The second-order valence-corrected chi connectivity index (χ2v) is 9.38. The zero-order valence-electron chi connectivity index (χ0n) is 18.5. The summed E-state index contributed by atoms with van der Waals surface area (Å²) < 4.78 is 5.26. The number of esters is 1. The third kappa shape index (κ3) is 5.43. The van der Waals surface area contributed by atoms with Crippen LogP contribution in [-0.2, 0) is 9.53 Å². The fourth-order valence-corrected chi connectivity index (χ4v) is 5.41. The Bertz CT molecular complexity index is 1290. The van der Waals surface area contributed by atoms with Crippen LogP contribution >= 0.6 is 23.1 Å². The zero-order chi connectivity index (χ0) is 23.2. The van der Waals surface area contributed by atoms with Crippen molar-refractivity contribution >= 4 is 50.9 Å². The Morgan fingerprint density at radius 2 is 1.85 bits per heavy atom. The van der Waals surface area contributed by atoms with Crippen LogP contribution in [0.4, 0.5) is 5.00 Å². The second kappa shape index (κ2) is 10.6. The Morgan fingerprint density at radius 1 is 1.09 bits per heavy atom. The van der Waals surface area contributed by atoms with Gasteiger partial charge in [0.15, 0.2) is 0 Å². The molecule has 1 N–H and O–H groups in total. The number of benzene rings is 2. The van der Waals surface area contributed by atoms with Gasteiger partial charge < -0.3 is 10.1 Å². The molecule has 0 radical (unpaired) electrons. The van der Waals surface area contributed by atoms with E-state index in [1.807, 2.05) is 53.9 Å². The van der Waals surface area contributed by atoms with Crippen molar-refractivity contribution in [1.82, 2.24) is 4.98 Å². The number of amides is 1. The number of nitrogens with one attached hydrogen (secondary N) is 1. The van der Waals surface area contributed by atoms with Crippen molar-refractivity contribution in [2.45, 2.75) is 25.3 Å². The van der Waals surface area contributed by atoms with Gasteiger partial charge in [-0.25, -0.2) is 9.78 Å². The van der Waals surface area contributed by atoms with E-state index in [9.17, 15) is 9.59 Å². The van der Waals surface area contributed by atoms with E-state index < -0.39 is 5.97 Å². The third-order valence-corrected chi connectivity index (χ3v) is 6.90. The molecule has 0 aliphatic carbocycles. The van der Waals surface area contributed by atoms with Crippen LogP contribution in [0.3, 0.4) is 0 Å². The van der Waals surface area contributed by atoms with Gasteiger partial charge in [0, 0.05) is 28.5 Å². The van der Waals surface area contributed by atoms with Crippen LogP contribution in [0.15, 0.2) is 71.1 Å². The Labute approximate surface area is 201 Å². The number of aryl methyl sites for hydroxylation is 1. The van der Waals surface area contributed by atoms with Crippen LogP contribution in [0.5, 0.6) is 0 Å². The molecular formula is C26H24N2O3S2. The molecule has 0 bridgehead atoms. The Kier molecular flexibility index (Phi) is 7.42. The summed E-state index contributed by atoms with van der Waals surface area (Å²) in [6.07, 6.45) is 0.305. The molecule has 0 saturated carbocycles. The largest absolute Gasteiger partial charge is 0.462 e. The highest BCUT2D eigenvalue weighted by molar-refractivity contribution is 7.99. The molecule has 0 fully saturated rings. The molecule has 1 amide bonds. The maximum atomic E-state index is 12.7. The minimum atomic E-state index is -0.432. The molecular weight excluding hydrogens is 452 g/mol. The lowest BCUT2D eigenvalue weighted by molar-refractivity contribution is -0.115. The van der Waals surface area contributed by atoms with E-state index in [0.717, 1.165) is 27.1 Å². The highest BCUT2D eigenvalue weighted by Gasteiger charge is 2.22. The molecule has 0 spiro atoms. The van der Waals surface area contributed by atoms with Gasteiger partial charge in [-0.1, -0.05) is 48.5 Å². The number of thiophene rings is 1. The molecule has 4 aromatic rings. The lowest BCUT2D eigenvalue weighted by Crippen LogP contribution is -2.15.